The van der Waals surface area contributed by atoms with Gasteiger partial charge in [0.15, 0.2) is 0 Å². The predicted molar refractivity (Wildman–Crippen MR) is 91.2 cm³/mol. The molecule has 0 fully saturated rings. The molecule has 1 amide bonds. The molecular formula is C19H18FNO3. The number of hydrogen-bond donors (Lipinski definition) is 1. The van der Waals surface area contributed by atoms with Gasteiger partial charge in [0.2, 0.25) is 5.91 Å². The normalized spacial score (nSPS) is 10.6. The predicted octanol–water partition coefficient (Wildman–Crippen LogP) is 3.96. The van der Waals surface area contributed by atoms with Gasteiger partial charge in [-0.3, -0.25) is 4.79 Å². The Kier molecular flexibility index (Phi) is 5.84. The molecule has 4 nitrogen and oxygen atoms in total. The quantitative estimate of drug-likeness (QED) is 0.668. The molecule has 0 aromatic heterocycles. The van der Waals surface area contributed by atoms with Crippen LogP contribution in [0.25, 0.3) is 6.08 Å². The summed E-state index contributed by atoms with van der Waals surface area (Å²) in [5.74, 6) is -1.03. The van der Waals surface area contributed by atoms with Crippen LogP contribution in [-0.4, -0.2) is 18.5 Å². The Morgan fingerprint density at radius 2 is 1.88 bits per heavy atom. The first kappa shape index (κ1) is 17.4. The van der Waals surface area contributed by atoms with Gasteiger partial charge in [0, 0.05) is 11.8 Å². The summed E-state index contributed by atoms with van der Waals surface area (Å²) in [5, 5.41) is 2.74. The Labute approximate surface area is 140 Å². The molecule has 24 heavy (non-hydrogen) atoms. The number of hydrogen-bond acceptors (Lipinski definition) is 3. The van der Waals surface area contributed by atoms with E-state index < -0.39 is 5.97 Å². The number of aryl methyl sites for hydroxylation is 1. The van der Waals surface area contributed by atoms with Crippen molar-refractivity contribution in [2.45, 2.75) is 13.8 Å². The number of carbonyl (C=O) groups is 2. The fourth-order valence-corrected chi connectivity index (χ4v) is 2.07. The number of nitrogens with one attached hydrogen (secondary N) is 1. The maximum Gasteiger partial charge on any atom is 0.338 e. The molecule has 0 atom stereocenters. The average molecular weight is 327 g/mol. The molecule has 124 valence electrons. The Hall–Kier alpha value is -2.95. The van der Waals surface area contributed by atoms with Gasteiger partial charge in [0.05, 0.1) is 12.2 Å². The summed E-state index contributed by atoms with van der Waals surface area (Å²) in [6, 6.07) is 10.7. The number of amides is 1. The van der Waals surface area contributed by atoms with Gasteiger partial charge in [-0.05, 0) is 61.4 Å². The van der Waals surface area contributed by atoms with Crippen LogP contribution >= 0.6 is 0 Å². The van der Waals surface area contributed by atoms with Gasteiger partial charge in [-0.2, -0.15) is 0 Å². The molecule has 0 aliphatic heterocycles. The minimum absolute atomic E-state index is 0.310. The number of esters is 1. The van der Waals surface area contributed by atoms with Crippen LogP contribution < -0.4 is 5.32 Å². The summed E-state index contributed by atoms with van der Waals surface area (Å²) in [4.78, 5) is 23.6. The van der Waals surface area contributed by atoms with Crippen LogP contribution in [0.5, 0.6) is 0 Å². The first-order valence-corrected chi connectivity index (χ1v) is 7.52. The van der Waals surface area contributed by atoms with Gasteiger partial charge in [-0.1, -0.05) is 12.1 Å². The highest BCUT2D eigenvalue weighted by atomic mass is 19.1. The molecule has 0 aliphatic rings. The van der Waals surface area contributed by atoms with E-state index in [4.69, 9.17) is 4.74 Å². The highest BCUT2D eigenvalue weighted by Crippen LogP contribution is 2.17. The zero-order valence-corrected chi connectivity index (χ0v) is 13.5. The van der Waals surface area contributed by atoms with E-state index in [9.17, 15) is 14.0 Å². The minimum Gasteiger partial charge on any atom is -0.462 e. The molecule has 2 rings (SSSR count). The van der Waals surface area contributed by atoms with E-state index in [-0.39, 0.29) is 11.7 Å². The van der Waals surface area contributed by atoms with Gasteiger partial charge in [-0.15, -0.1) is 0 Å². The van der Waals surface area contributed by atoms with E-state index in [0.29, 0.717) is 17.9 Å². The van der Waals surface area contributed by atoms with Crippen LogP contribution in [0.1, 0.15) is 28.4 Å². The molecule has 0 heterocycles. The third-order valence-electron chi connectivity index (χ3n) is 3.29. The Morgan fingerprint density at radius 1 is 1.17 bits per heavy atom. The first-order valence-electron chi connectivity index (χ1n) is 7.52. The maximum absolute atomic E-state index is 12.8. The van der Waals surface area contributed by atoms with Crippen LogP contribution in [0, 0.1) is 12.7 Å². The van der Waals surface area contributed by atoms with E-state index in [1.165, 1.54) is 18.2 Å². The van der Waals surface area contributed by atoms with Crippen molar-refractivity contribution < 1.29 is 18.7 Å². The monoisotopic (exact) mass is 327 g/mol. The molecule has 2 aromatic carbocycles. The van der Waals surface area contributed by atoms with Crippen molar-refractivity contribution in [3.05, 3.63) is 71.0 Å². The highest BCUT2D eigenvalue weighted by Gasteiger charge is 2.09. The number of rotatable bonds is 5. The van der Waals surface area contributed by atoms with Crippen molar-refractivity contribution in [3.8, 4) is 0 Å². The smallest absolute Gasteiger partial charge is 0.338 e. The standard InChI is InChI=1S/C19H18FNO3/c1-3-24-19(23)15-7-10-17(13(2)12-15)21-18(22)11-6-14-4-8-16(20)9-5-14/h4-12H,3H2,1-2H3,(H,21,22)/b11-6+. The van der Waals surface area contributed by atoms with E-state index in [1.54, 1.807) is 50.3 Å². The molecule has 0 radical (unpaired) electrons. The van der Waals surface area contributed by atoms with Gasteiger partial charge in [0.25, 0.3) is 0 Å². The Morgan fingerprint density at radius 3 is 2.50 bits per heavy atom. The largest absolute Gasteiger partial charge is 0.462 e. The van der Waals surface area contributed by atoms with Gasteiger partial charge >= 0.3 is 5.97 Å². The summed E-state index contributed by atoms with van der Waals surface area (Å²) < 4.78 is 17.8. The summed E-state index contributed by atoms with van der Waals surface area (Å²) in [5.41, 5.74) is 2.52. The molecular weight excluding hydrogens is 309 g/mol. The second kappa shape index (κ2) is 8.06. The van der Waals surface area contributed by atoms with Gasteiger partial charge in [0.1, 0.15) is 5.82 Å². The van der Waals surface area contributed by atoms with Crippen LogP contribution in [0.2, 0.25) is 0 Å². The molecule has 0 saturated carbocycles. The summed E-state index contributed by atoms with van der Waals surface area (Å²) in [7, 11) is 0. The lowest BCUT2D eigenvalue weighted by molar-refractivity contribution is -0.111. The number of ether oxygens (including phenoxy) is 1. The maximum atomic E-state index is 12.8. The van der Waals surface area contributed by atoms with Gasteiger partial charge in [-0.25, -0.2) is 9.18 Å². The molecule has 5 heteroatoms. The van der Waals surface area contributed by atoms with Crippen molar-refractivity contribution in [3.63, 3.8) is 0 Å². The van der Waals surface area contributed by atoms with E-state index in [2.05, 4.69) is 5.32 Å². The molecule has 0 unspecified atom stereocenters. The molecule has 0 spiro atoms. The molecule has 0 saturated heterocycles. The Balaban J connectivity index is 2.03. The molecule has 0 bridgehead atoms. The third-order valence-corrected chi connectivity index (χ3v) is 3.29. The van der Waals surface area contributed by atoms with Crippen molar-refractivity contribution in [2.75, 3.05) is 11.9 Å². The van der Waals surface area contributed by atoms with Crippen LogP contribution in [-0.2, 0) is 9.53 Å². The lowest BCUT2D eigenvalue weighted by atomic mass is 10.1. The lowest BCUT2D eigenvalue weighted by Crippen LogP contribution is -2.10. The molecule has 2 aromatic rings. The van der Waals surface area contributed by atoms with E-state index in [1.807, 2.05) is 0 Å². The fraction of sp³-hybridized carbons (Fsp3) is 0.158. The first-order chi connectivity index (χ1) is 11.5. The zero-order valence-electron chi connectivity index (χ0n) is 13.5. The minimum atomic E-state index is -0.394. The SMILES string of the molecule is CCOC(=O)c1ccc(NC(=O)/C=C/c2ccc(F)cc2)c(C)c1. The lowest BCUT2D eigenvalue weighted by Gasteiger charge is -2.08. The van der Waals surface area contributed by atoms with E-state index in [0.717, 1.165) is 11.1 Å². The second-order valence-corrected chi connectivity index (χ2v) is 5.12. The molecule has 0 aliphatic carbocycles. The second-order valence-electron chi connectivity index (χ2n) is 5.12. The highest BCUT2D eigenvalue weighted by molar-refractivity contribution is 6.02. The van der Waals surface area contributed by atoms with Crippen LogP contribution in [0.4, 0.5) is 10.1 Å². The summed E-state index contributed by atoms with van der Waals surface area (Å²) in [6.45, 7) is 3.85. The van der Waals surface area contributed by atoms with Crippen molar-refractivity contribution in [1.82, 2.24) is 0 Å². The average Bonchev–Trinajstić information content (AvgIpc) is 2.56. The summed E-state index contributed by atoms with van der Waals surface area (Å²) in [6.07, 6.45) is 2.96. The number of carbonyl (C=O) groups excluding carboxylic acids is 2. The fourth-order valence-electron chi connectivity index (χ4n) is 2.07. The van der Waals surface area contributed by atoms with Gasteiger partial charge < -0.3 is 10.1 Å². The number of anilines is 1. The zero-order chi connectivity index (χ0) is 17.5. The molecule has 1 N–H and O–H groups in total. The summed E-state index contributed by atoms with van der Waals surface area (Å²) >= 11 is 0. The number of benzene rings is 2. The van der Waals surface area contributed by atoms with Crippen molar-refractivity contribution >= 4 is 23.6 Å². The topological polar surface area (TPSA) is 55.4 Å². The number of halogens is 1. The van der Waals surface area contributed by atoms with Crippen LogP contribution in [0.3, 0.4) is 0 Å². The third kappa shape index (κ3) is 4.78. The van der Waals surface area contributed by atoms with E-state index >= 15 is 0 Å². The van der Waals surface area contributed by atoms with Crippen molar-refractivity contribution in [1.29, 1.82) is 0 Å². The Bertz CT molecular complexity index is 767. The van der Waals surface area contributed by atoms with Crippen molar-refractivity contribution in [2.24, 2.45) is 0 Å². The van der Waals surface area contributed by atoms with Crippen LogP contribution in [0.15, 0.2) is 48.5 Å².